The van der Waals surface area contributed by atoms with Crippen LogP contribution in [0.25, 0.3) is 0 Å². The molecule has 0 spiro atoms. The van der Waals surface area contributed by atoms with Crippen LogP contribution in [0.2, 0.25) is 0 Å². The van der Waals surface area contributed by atoms with Gasteiger partial charge in [-0.25, -0.2) is 0 Å². The molecular weight excluding hydrogens is 184 g/mol. The standard InChI is InChI=1S/C7H11ClO2S/c1-6(4-8)5-11-3-2-7(9)10/h4H,2-3,5H2,1H3,(H,9,10). The number of rotatable bonds is 5. The minimum absolute atomic E-state index is 0.222. The molecule has 64 valence electrons. The fourth-order valence-electron chi connectivity index (χ4n) is 0.424. The highest BCUT2D eigenvalue weighted by Gasteiger charge is 1.96. The number of thioether (sulfide) groups is 1. The summed E-state index contributed by atoms with van der Waals surface area (Å²) in [6, 6.07) is 0. The lowest BCUT2D eigenvalue weighted by molar-refractivity contribution is -0.136. The molecule has 0 aliphatic rings. The summed E-state index contributed by atoms with van der Waals surface area (Å²) in [4.78, 5) is 10.1. The number of hydrogen-bond acceptors (Lipinski definition) is 2. The third-order valence-corrected chi connectivity index (χ3v) is 2.50. The van der Waals surface area contributed by atoms with E-state index in [1.165, 1.54) is 5.54 Å². The largest absolute Gasteiger partial charge is 0.481 e. The van der Waals surface area contributed by atoms with E-state index in [0.29, 0.717) is 5.75 Å². The first-order chi connectivity index (χ1) is 5.16. The third-order valence-electron chi connectivity index (χ3n) is 0.976. The maximum absolute atomic E-state index is 10.1. The molecule has 0 rings (SSSR count). The van der Waals surface area contributed by atoms with E-state index in [-0.39, 0.29) is 6.42 Å². The van der Waals surface area contributed by atoms with Crippen molar-refractivity contribution in [2.24, 2.45) is 0 Å². The van der Waals surface area contributed by atoms with Gasteiger partial charge in [-0.3, -0.25) is 4.79 Å². The Morgan fingerprint density at radius 1 is 1.73 bits per heavy atom. The van der Waals surface area contributed by atoms with Gasteiger partial charge in [0.2, 0.25) is 0 Å². The number of carbonyl (C=O) groups is 1. The molecule has 4 heteroatoms. The van der Waals surface area contributed by atoms with E-state index in [2.05, 4.69) is 0 Å². The molecule has 0 bridgehead atoms. The smallest absolute Gasteiger partial charge is 0.304 e. The Bertz CT molecular complexity index is 157. The summed E-state index contributed by atoms with van der Waals surface area (Å²) < 4.78 is 0. The SMILES string of the molecule is CC(=CCl)CSCCC(=O)O. The quantitative estimate of drug-likeness (QED) is 0.683. The molecule has 2 nitrogen and oxygen atoms in total. The Hall–Kier alpha value is -0.150. The molecule has 0 saturated carbocycles. The first-order valence-corrected chi connectivity index (χ1v) is 4.81. The van der Waals surface area contributed by atoms with Gasteiger partial charge >= 0.3 is 5.97 Å². The zero-order valence-electron chi connectivity index (χ0n) is 6.34. The fourth-order valence-corrected chi connectivity index (χ4v) is 1.46. The van der Waals surface area contributed by atoms with Crippen molar-refractivity contribution < 1.29 is 9.90 Å². The van der Waals surface area contributed by atoms with Crippen molar-refractivity contribution in [2.75, 3.05) is 11.5 Å². The summed E-state index contributed by atoms with van der Waals surface area (Å²) in [6.07, 6.45) is 0.222. The minimum Gasteiger partial charge on any atom is -0.481 e. The van der Waals surface area contributed by atoms with Gasteiger partial charge in [-0.1, -0.05) is 17.2 Å². The van der Waals surface area contributed by atoms with Gasteiger partial charge in [0.05, 0.1) is 6.42 Å². The average Bonchev–Trinajstić information content (AvgIpc) is 1.97. The molecule has 0 radical (unpaired) electrons. The van der Waals surface area contributed by atoms with E-state index in [1.807, 2.05) is 6.92 Å². The van der Waals surface area contributed by atoms with Crippen molar-refractivity contribution in [3.05, 3.63) is 11.1 Å². The zero-order valence-corrected chi connectivity index (χ0v) is 7.91. The van der Waals surface area contributed by atoms with Crippen LogP contribution in [0.1, 0.15) is 13.3 Å². The molecule has 0 fully saturated rings. The van der Waals surface area contributed by atoms with Crippen molar-refractivity contribution in [1.82, 2.24) is 0 Å². The molecule has 11 heavy (non-hydrogen) atoms. The summed E-state index contributed by atoms with van der Waals surface area (Å²) >= 11 is 6.98. The van der Waals surface area contributed by atoms with E-state index < -0.39 is 5.97 Å². The van der Waals surface area contributed by atoms with Crippen molar-refractivity contribution in [3.8, 4) is 0 Å². The summed E-state index contributed by atoms with van der Waals surface area (Å²) in [5.74, 6) is 0.721. The molecule has 0 heterocycles. The number of halogens is 1. The van der Waals surface area contributed by atoms with E-state index in [4.69, 9.17) is 16.7 Å². The third kappa shape index (κ3) is 7.75. The van der Waals surface area contributed by atoms with Gasteiger partial charge in [0.1, 0.15) is 0 Å². The maximum atomic E-state index is 10.1. The van der Waals surface area contributed by atoms with Crippen LogP contribution < -0.4 is 0 Å². The second kappa shape index (κ2) is 6.55. The molecule has 0 aliphatic carbocycles. The van der Waals surface area contributed by atoms with Crippen LogP contribution in [0.5, 0.6) is 0 Å². The van der Waals surface area contributed by atoms with Crippen molar-refractivity contribution >= 4 is 29.3 Å². The molecule has 0 atom stereocenters. The first kappa shape index (κ1) is 10.8. The Kier molecular flexibility index (Phi) is 6.46. The van der Waals surface area contributed by atoms with Gasteiger partial charge in [0, 0.05) is 17.0 Å². The van der Waals surface area contributed by atoms with Crippen LogP contribution in [0.4, 0.5) is 0 Å². The van der Waals surface area contributed by atoms with E-state index in [0.717, 1.165) is 11.3 Å². The highest BCUT2D eigenvalue weighted by atomic mass is 35.5. The normalized spacial score (nSPS) is 11.6. The van der Waals surface area contributed by atoms with Crippen LogP contribution in [-0.4, -0.2) is 22.6 Å². The van der Waals surface area contributed by atoms with Crippen LogP contribution in [0.3, 0.4) is 0 Å². The zero-order chi connectivity index (χ0) is 8.69. The number of aliphatic carboxylic acids is 1. The summed E-state index contributed by atoms with van der Waals surface area (Å²) in [5.41, 5.74) is 2.59. The summed E-state index contributed by atoms with van der Waals surface area (Å²) in [6.45, 7) is 1.92. The molecule has 0 saturated heterocycles. The van der Waals surface area contributed by atoms with Gasteiger partial charge < -0.3 is 5.11 Å². The topological polar surface area (TPSA) is 37.3 Å². The molecule has 0 aromatic rings. The Labute approximate surface area is 75.6 Å². The van der Waals surface area contributed by atoms with Crippen molar-refractivity contribution in [2.45, 2.75) is 13.3 Å². The fraction of sp³-hybridized carbons (Fsp3) is 0.571. The molecule has 0 aromatic heterocycles. The molecule has 0 aliphatic heterocycles. The Morgan fingerprint density at radius 2 is 2.36 bits per heavy atom. The second-order valence-electron chi connectivity index (χ2n) is 2.15. The van der Waals surface area contributed by atoms with Crippen molar-refractivity contribution in [1.29, 1.82) is 0 Å². The van der Waals surface area contributed by atoms with Gasteiger partial charge in [-0.2, -0.15) is 11.8 Å². The lowest BCUT2D eigenvalue weighted by Gasteiger charge is -1.97. The summed E-state index contributed by atoms with van der Waals surface area (Å²) in [7, 11) is 0. The van der Waals surface area contributed by atoms with Gasteiger partial charge in [-0.15, -0.1) is 0 Å². The summed E-state index contributed by atoms with van der Waals surface area (Å²) in [5, 5.41) is 8.28. The Morgan fingerprint density at radius 3 is 2.82 bits per heavy atom. The number of carboxylic acid groups (broad SMARTS) is 1. The minimum atomic E-state index is -0.745. The van der Waals surface area contributed by atoms with Gasteiger partial charge in [0.15, 0.2) is 0 Å². The highest BCUT2D eigenvalue weighted by Crippen LogP contribution is 2.09. The highest BCUT2D eigenvalue weighted by molar-refractivity contribution is 7.99. The molecule has 0 amide bonds. The average molecular weight is 195 g/mol. The van der Waals surface area contributed by atoms with E-state index >= 15 is 0 Å². The van der Waals surface area contributed by atoms with Crippen LogP contribution in [0, 0.1) is 0 Å². The molecule has 0 unspecified atom stereocenters. The number of hydrogen-bond donors (Lipinski definition) is 1. The second-order valence-corrected chi connectivity index (χ2v) is 3.48. The Balaban J connectivity index is 3.21. The van der Waals surface area contributed by atoms with Gasteiger partial charge in [-0.05, 0) is 6.92 Å². The monoisotopic (exact) mass is 194 g/mol. The maximum Gasteiger partial charge on any atom is 0.304 e. The van der Waals surface area contributed by atoms with Crippen LogP contribution in [0.15, 0.2) is 11.1 Å². The van der Waals surface area contributed by atoms with Crippen LogP contribution >= 0.6 is 23.4 Å². The van der Waals surface area contributed by atoms with Crippen LogP contribution in [-0.2, 0) is 4.79 Å². The van der Waals surface area contributed by atoms with Gasteiger partial charge in [0.25, 0.3) is 0 Å². The van der Waals surface area contributed by atoms with E-state index in [1.54, 1.807) is 11.8 Å². The first-order valence-electron chi connectivity index (χ1n) is 3.22. The predicted octanol–water partition coefficient (Wildman–Crippen LogP) is 2.34. The lowest BCUT2D eigenvalue weighted by atomic mass is 10.4. The molecule has 0 aromatic carbocycles. The molecule has 1 N–H and O–H groups in total. The van der Waals surface area contributed by atoms with Crippen molar-refractivity contribution in [3.63, 3.8) is 0 Å². The van der Waals surface area contributed by atoms with E-state index in [9.17, 15) is 4.79 Å². The lowest BCUT2D eigenvalue weighted by Crippen LogP contribution is -1.96. The number of carboxylic acids is 1. The molecular formula is C7H11ClO2S. The predicted molar refractivity (Wildman–Crippen MR) is 49.2 cm³/mol.